The Kier molecular flexibility index (Phi) is 8.59. The van der Waals surface area contributed by atoms with E-state index < -0.39 is 0 Å². The predicted octanol–water partition coefficient (Wildman–Crippen LogP) is 3.27. The van der Waals surface area contributed by atoms with Crippen LogP contribution in [0.1, 0.15) is 13.8 Å². The summed E-state index contributed by atoms with van der Waals surface area (Å²) in [7, 11) is 1.89. The molecule has 0 radical (unpaired) electrons. The normalized spacial score (nSPS) is 11.2. The minimum atomic E-state index is -0.135. The van der Waals surface area contributed by atoms with Gasteiger partial charge in [0.2, 0.25) is 5.91 Å². The van der Waals surface area contributed by atoms with Crippen molar-refractivity contribution in [2.75, 3.05) is 32.0 Å². The van der Waals surface area contributed by atoms with Gasteiger partial charge in [-0.05, 0) is 31.1 Å². The third-order valence-corrected chi connectivity index (χ3v) is 3.71. The van der Waals surface area contributed by atoms with Crippen LogP contribution in [0.3, 0.4) is 0 Å². The van der Waals surface area contributed by atoms with Crippen molar-refractivity contribution in [3.63, 3.8) is 0 Å². The predicted molar refractivity (Wildman–Crippen MR) is 92.7 cm³/mol. The van der Waals surface area contributed by atoms with Gasteiger partial charge in [-0.2, -0.15) is 0 Å². The number of hydrogen-bond donors (Lipinski definition) is 2. The molecule has 120 valence electrons. The minimum absolute atomic E-state index is 0. The zero-order valence-corrected chi connectivity index (χ0v) is 14.8. The molecule has 0 saturated carbocycles. The number of nitrogens with zero attached hydrogens (tertiary/aromatic N) is 1. The molecule has 0 heterocycles. The maximum Gasteiger partial charge on any atom is 0.238 e. The Morgan fingerprint density at radius 2 is 2.00 bits per heavy atom. The molecular weight excluding hydrogens is 333 g/mol. The Hall–Kier alpha value is -0.520. The van der Waals surface area contributed by atoms with E-state index in [0.717, 1.165) is 6.54 Å². The van der Waals surface area contributed by atoms with Crippen LogP contribution in [0.25, 0.3) is 0 Å². The molecule has 1 rings (SSSR count). The van der Waals surface area contributed by atoms with Gasteiger partial charge in [-0.1, -0.05) is 43.1 Å². The Balaban J connectivity index is 0.00000400. The number of halogens is 3. The molecule has 0 atom stereocenters. The first kappa shape index (κ1) is 20.5. The number of nitrogens with two attached hydrogens (primary N) is 1. The van der Waals surface area contributed by atoms with Gasteiger partial charge >= 0.3 is 0 Å². The number of amides is 1. The summed E-state index contributed by atoms with van der Waals surface area (Å²) < 4.78 is 0. The number of benzene rings is 1. The summed E-state index contributed by atoms with van der Waals surface area (Å²) in [5.74, 6) is -0.135. The van der Waals surface area contributed by atoms with Crippen LogP contribution in [0.4, 0.5) is 5.69 Å². The molecule has 7 heteroatoms. The lowest BCUT2D eigenvalue weighted by Gasteiger charge is -2.28. The van der Waals surface area contributed by atoms with Crippen molar-refractivity contribution in [2.45, 2.75) is 13.8 Å². The monoisotopic (exact) mass is 353 g/mol. The largest absolute Gasteiger partial charge is 0.330 e. The molecule has 1 amide bonds. The molecule has 0 fully saturated rings. The summed E-state index contributed by atoms with van der Waals surface area (Å²) >= 11 is 11.9. The molecule has 0 aliphatic carbocycles. The smallest absolute Gasteiger partial charge is 0.238 e. The fourth-order valence-corrected chi connectivity index (χ4v) is 2.23. The van der Waals surface area contributed by atoms with Crippen LogP contribution in [0.5, 0.6) is 0 Å². The number of carbonyl (C=O) groups excluding carboxylic acids is 1. The Labute approximate surface area is 142 Å². The van der Waals surface area contributed by atoms with E-state index in [9.17, 15) is 4.79 Å². The summed E-state index contributed by atoms with van der Waals surface area (Å²) in [4.78, 5) is 13.9. The van der Waals surface area contributed by atoms with E-state index >= 15 is 0 Å². The average molecular weight is 355 g/mol. The van der Waals surface area contributed by atoms with Gasteiger partial charge in [0.15, 0.2) is 0 Å². The molecule has 0 aromatic heterocycles. The van der Waals surface area contributed by atoms with Crippen LogP contribution in [0, 0.1) is 5.41 Å². The van der Waals surface area contributed by atoms with Gasteiger partial charge in [-0.25, -0.2) is 0 Å². The van der Waals surface area contributed by atoms with Crippen molar-refractivity contribution in [1.29, 1.82) is 0 Å². The average Bonchev–Trinajstić information content (AvgIpc) is 2.34. The van der Waals surface area contributed by atoms with Crippen LogP contribution < -0.4 is 11.1 Å². The van der Waals surface area contributed by atoms with E-state index in [-0.39, 0.29) is 30.3 Å². The van der Waals surface area contributed by atoms with Crippen LogP contribution in [0.2, 0.25) is 10.0 Å². The lowest BCUT2D eigenvalue weighted by Crippen LogP contribution is -2.40. The lowest BCUT2D eigenvalue weighted by molar-refractivity contribution is -0.117. The molecule has 1 aromatic carbocycles. The molecule has 0 aliphatic rings. The van der Waals surface area contributed by atoms with Gasteiger partial charge in [-0.15, -0.1) is 12.4 Å². The number of hydrogen-bond acceptors (Lipinski definition) is 3. The van der Waals surface area contributed by atoms with Crippen LogP contribution >= 0.6 is 35.6 Å². The maximum absolute atomic E-state index is 12.0. The highest BCUT2D eigenvalue weighted by Gasteiger charge is 2.19. The van der Waals surface area contributed by atoms with Gasteiger partial charge in [0, 0.05) is 6.54 Å². The molecule has 21 heavy (non-hydrogen) atoms. The summed E-state index contributed by atoms with van der Waals surface area (Å²) in [6.45, 7) is 5.70. The zero-order chi connectivity index (χ0) is 15.3. The van der Waals surface area contributed by atoms with Crippen molar-refractivity contribution in [3.05, 3.63) is 28.2 Å². The fourth-order valence-electron chi connectivity index (χ4n) is 1.89. The first-order valence-corrected chi connectivity index (χ1v) is 7.13. The molecule has 4 nitrogen and oxygen atoms in total. The first-order valence-electron chi connectivity index (χ1n) is 6.37. The van der Waals surface area contributed by atoms with E-state index in [0.29, 0.717) is 22.3 Å². The highest BCUT2D eigenvalue weighted by Crippen LogP contribution is 2.29. The minimum Gasteiger partial charge on any atom is -0.330 e. The number of nitrogens with one attached hydrogen (secondary N) is 1. The Morgan fingerprint density at radius 3 is 2.57 bits per heavy atom. The SMILES string of the molecule is CN(CC(=O)Nc1cccc(Cl)c1Cl)CC(C)(C)CN.Cl. The van der Waals surface area contributed by atoms with Crippen molar-refractivity contribution < 1.29 is 4.79 Å². The molecule has 0 saturated heterocycles. The van der Waals surface area contributed by atoms with Crippen molar-refractivity contribution in [2.24, 2.45) is 11.1 Å². The van der Waals surface area contributed by atoms with Gasteiger partial charge in [0.1, 0.15) is 0 Å². The quantitative estimate of drug-likeness (QED) is 0.824. The summed E-state index contributed by atoms with van der Waals surface area (Å²) in [6, 6.07) is 5.14. The lowest BCUT2D eigenvalue weighted by atomic mass is 9.93. The molecular formula is C14H22Cl3N3O. The van der Waals surface area contributed by atoms with E-state index in [1.165, 1.54) is 0 Å². The van der Waals surface area contributed by atoms with Crippen molar-refractivity contribution in [3.8, 4) is 0 Å². The first-order chi connectivity index (χ1) is 9.25. The number of rotatable bonds is 6. The Bertz CT molecular complexity index is 481. The van der Waals surface area contributed by atoms with E-state index in [1.807, 2.05) is 11.9 Å². The summed E-state index contributed by atoms with van der Waals surface area (Å²) in [5.41, 5.74) is 6.18. The molecule has 0 bridgehead atoms. The van der Waals surface area contributed by atoms with E-state index in [4.69, 9.17) is 28.9 Å². The highest BCUT2D eigenvalue weighted by molar-refractivity contribution is 6.43. The third kappa shape index (κ3) is 6.85. The number of likely N-dealkylation sites (N-methyl/N-ethyl adjacent to an activating group) is 1. The van der Waals surface area contributed by atoms with Gasteiger partial charge in [-0.3, -0.25) is 9.69 Å². The van der Waals surface area contributed by atoms with Crippen LogP contribution in [-0.4, -0.2) is 37.5 Å². The second-order valence-corrected chi connectivity index (χ2v) is 6.48. The highest BCUT2D eigenvalue weighted by atomic mass is 35.5. The molecule has 0 spiro atoms. The van der Waals surface area contributed by atoms with E-state index in [2.05, 4.69) is 19.2 Å². The second kappa shape index (κ2) is 8.81. The van der Waals surface area contributed by atoms with Gasteiger partial charge in [0.05, 0.1) is 22.3 Å². The van der Waals surface area contributed by atoms with Gasteiger partial charge in [0.25, 0.3) is 0 Å². The van der Waals surface area contributed by atoms with Crippen molar-refractivity contribution in [1.82, 2.24) is 4.90 Å². The standard InChI is InChI=1S/C14H21Cl2N3O.ClH/c1-14(2,8-17)9-19(3)7-12(20)18-11-6-4-5-10(15)13(11)16;/h4-6H,7-9,17H2,1-3H3,(H,18,20);1H. The molecule has 3 N–H and O–H groups in total. The van der Waals surface area contributed by atoms with Gasteiger partial charge < -0.3 is 11.1 Å². The van der Waals surface area contributed by atoms with Crippen LogP contribution in [-0.2, 0) is 4.79 Å². The molecule has 0 aliphatic heterocycles. The second-order valence-electron chi connectivity index (χ2n) is 5.69. The maximum atomic E-state index is 12.0. The van der Waals surface area contributed by atoms with E-state index in [1.54, 1.807) is 18.2 Å². The topological polar surface area (TPSA) is 58.4 Å². The number of carbonyl (C=O) groups is 1. The fraction of sp³-hybridized carbons (Fsp3) is 0.500. The third-order valence-electron chi connectivity index (χ3n) is 2.89. The van der Waals surface area contributed by atoms with Crippen LogP contribution in [0.15, 0.2) is 18.2 Å². The molecule has 0 unspecified atom stereocenters. The Morgan fingerprint density at radius 1 is 1.38 bits per heavy atom. The summed E-state index contributed by atoms with van der Waals surface area (Å²) in [6.07, 6.45) is 0. The number of anilines is 1. The van der Waals surface area contributed by atoms with Crippen molar-refractivity contribution >= 4 is 47.2 Å². The zero-order valence-electron chi connectivity index (χ0n) is 12.5. The molecule has 1 aromatic rings. The summed E-state index contributed by atoms with van der Waals surface area (Å²) in [5, 5.41) is 3.53.